The molecule has 0 fully saturated rings. The Hall–Kier alpha value is -4.34. The molecule has 4 aromatic heterocycles. The summed E-state index contributed by atoms with van der Waals surface area (Å²) >= 11 is 2.87. The van der Waals surface area contributed by atoms with Gasteiger partial charge in [0.25, 0.3) is 5.56 Å². The molecule has 6 rings (SSSR count). The first kappa shape index (κ1) is 23.1. The summed E-state index contributed by atoms with van der Waals surface area (Å²) in [7, 11) is 0. The number of nitrogens with zero attached hydrogens (tertiary/aromatic N) is 5. The Labute approximate surface area is 220 Å². The van der Waals surface area contributed by atoms with Crippen LogP contribution in [0.15, 0.2) is 89.7 Å². The maximum atomic E-state index is 13.2. The number of aromatic nitrogens is 5. The zero-order valence-corrected chi connectivity index (χ0v) is 21.5. The van der Waals surface area contributed by atoms with Crippen LogP contribution in [0, 0.1) is 6.92 Å². The number of para-hydroxylation sites is 1. The van der Waals surface area contributed by atoms with Crippen molar-refractivity contribution in [3.05, 3.63) is 111 Å². The van der Waals surface area contributed by atoms with Gasteiger partial charge in [-0.25, -0.2) is 4.68 Å². The van der Waals surface area contributed by atoms with E-state index in [0.29, 0.717) is 21.9 Å². The number of hydrogen-bond donors (Lipinski definition) is 0. The fourth-order valence-corrected chi connectivity index (χ4v) is 5.60. The molecule has 0 aliphatic carbocycles. The lowest BCUT2D eigenvalue weighted by atomic mass is 10.0. The second-order valence-corrected chi connectivity index (χ2v) is 10.3. The van der Waals surface area contributed by atoms with Crippen LogP contribution in [0.2, 0.25) is 0 Å². The summed E-state index contributed by atoms with van der Waals surface area (Å²) in [5.41, 5.74) is 4.30. The van der Waals surface area contributed by atoms with E-state index in [1.165, 1.54) is 15.9 Å². The second kappa shape index (κ2) is 9.61. The quantitative estimate of drug-likeness (QED) is 0.271. The highest BCUT2D eigenvalue weighted by molar-refractivity contribution is 7.15. The van der Waals surface area contributed by atoms with Gasteiger partial charge in [-0.3, -0.25) is 4.79 Å². The minimum absolute atomic E-state index is 0.196. The Bertz CT molecular complexity index is 1830. The summed E-state index contributed by atoms with van der Waals surface area (Å²) in [4.78, 5) is 19.3. The van der Waals surface area contributed by atoms with Gasteiger partial charge in [-0.1, -0.05) is 48.3 Å². The van der Waals surface area contributed by atoms with Gasteiger partial charge < -0.3 is 4.74 Å². The molecule has 0 aliphatic rings. The van der Waals surface area contributed by atoms with Crippen LogP contribution in [0.3, 0.4) is 0 Å². The smallest absolute Gasteiger partial charge is 0.291 e. The molecule has 0 amide bonds. The van der Waals surface area contributed by atoms with E-state index in [0.717, 1.165) is 38.7 Å². The number of thiazole rings is 1. The SMILES string of the molecule is C=CCOc1ccc(-c2nn(-c3ccccc3)cc2C=c2sc3nc(-c4cccs4)nn3c2=O)c(C)c1. The maximum Gasteiger partial charge on any atom is 0.291 e. The van der Waals surface area contributed by atoms with Gasteiger partial charge in [0.1, 0.15) is 18.1 Å². The van der Waals surface area contributed by atoms with E-state index in [9.17, 15) is 4.79 Å². The number of hydrogen-bond acceptors (Lipinski definition) is 7. The highest BCUT2D eigenvalue weighted by Gasteiger charge is 2.16. The standard InChI is InChI=1S/C28H21N5O2S2/c1-3-13-35-21-11-12-22(18(2)15-21)25-19(17-32(30-25)20-8-5-4-6-9-20)16-24-27(34)33-28(37-24)29-26(31-33)23-10-7-14-36-23/h3-12,14-17H,1,13H2,2H3. The first-order valence-electron chi connectivity index (χ1n) is 11.6. The van der Waals surface area contributed by atoms with Crippen LogP contribution in [0.1, 0.15) is 11.1 Å². The molecule has 0 saturated heterocycles. The predicted octanol–water partition coefficient (Wildman–Crippen LogP) is 5.15. The van der Waals surface area contributed by atoms with Crippen molar-refractivity contribution in [3.8, 4) is 33.4 Å². The fraction of sp³-hybridized carbons (Fsp3) is 0.0714. The number of fused-ring (bicyclic) bond motifs is 1. The van der Waals surface area contributed by atoms with E-state index in [2.05, 4.69) is 16.7 Å². The van der Waals surface area contributed by atoms with Crippen molar-refractivity contribution in [1.82, 2.24) is 24.4 Å². The van der Waals surface area contributed by atoms with Crippen molar-refractivity contribution in [2.24, 2.45) is 0 Å². The minimum atomic E-state index is -0.196. The second-order valence-electron chi connectivity index (χ2n) is 8.31. The Kier molecular flexibility index (Phi) is 5.99. The summed E-state index contributed by atoms with van der Waals surface area (Å²) in [6.45, 7) is 6.17. The van der Waals surface area contributed by atoms with E-state index in [1.807, 2.05) is 89.9 Å². The van der Waals surface area contributed by atoms with Crippen molar-refractivity contribution in [2.75, 3.05) is 6.61 Å². The lowest BCUT2D eigenvalue weighted by Gasteiger charge is -2.08. The molecule has 182 valence electrons. The van der Waals surface area contributed by atoms with Crippen LogP contribution in [0.5, 0.6) is 5.75 Å². The maximum absolute atomic E-state index is 13.2. The molecule has 9 heteroatoms. The summed E-state index contributed by atoms with van der Waals surface area (Å²) in [6.07, 6.45) is 5.53. The molecule has 6 aromatic rings. The molecule has 0 radical (unpaired) electrons. The fourth-order valence-electron chi connectivity index (χ4n) is 4.05. The van der Waals surface area contributed by atoms with Gasteiger partial charge in [0.15, 0.2) is 5.82 Å². The van der Waals surface area contributed by atoms with Crippen LogP contribution in [-0.2, 0) is 0 Å². The van der Waals surface area contributed by atoms with E-state index in [1.54, 1.807) is 17.4 Å². The molecule has 0 bridgehead atoms. The number of aryl methyl sites for hydroxylation is 1. The van der Waals surface area contributed by atoms with Gasteiger partial charge in [0.2, 0.25) is 4.96 Å². The van der Waals surface area contributed by atoms with Gasteiger partial charge in [-0.15, -0.1) is 16.4 Å². The summed E-state index contributed by atoms with van der Waals surface area (Å²) in [6, 6.07) is 19.7. The molecule has 0 unspecified atom stereocenters. The first-order chi connectivity index (χ1) is 18.1. The topological polar surface area (TPSA) is 74.3 Å². The van der Waals surface area contributed by atoms with Crippen LogP contribution >= 0.6 is 22.7 Å². The van der Waals surface area contributed by atoms with Gasteiger partial charge in [-0.2, -0.15) is 14.6 Å². The lowest BCUT2D eigenvalue weighted by molar-refractivity contribution is 0.363. The van der Waals surface area contributed by atoms with Crippen molar-refractivity contribution in [3.63, 3.8) is 0 Å². The largest absolute Gasteiger partial charge is 0.490 e. The summed E-state index contributed by atoms with van der Waals surface area (Å²) in [5, 5.41) is 11.3. The highest BCUT2D eigenvalue weighted by atomic mass is 32.1. The Morgan fingerprint density at radius 1 is 1.08 bits per heavy atom. The number of benzene rings is 2. The van der Waals surface area contributed by atoms with Crippen molar-refractivity contribution in [2.45, 2.75) is 6.92 Å². The minimum Gasteiger partial charge on any atom is -0.490 e. The molecule has 0 spiro atoms. The summed E-state index contributed by atoms with van der Waals surface area (Å²) < 4.78 is 9.45. The Morgan fingerprint density at radius 3 is 2.68 bits per heavy atom. The van der Waals surface area contributed by atoms with E-state index in [4.69, 9.17) is 9.84 Å². The van der Waals surface area contributed by atoms with Crippen LogP contribution in [0.4, 0.5) is 0 Å². The molecule has 4 heterocycles. The predicted molar refractivity (Wildman–Crippen MR) is 149 cm³/mol. The van der Waals surface area contributed by atoms with E-state index in [-0.39, 0.29) is 5.56 Å². The molecule has 0 N–H and O–H groups in total. The first-order valence-corrected chi connectivity index (χ1v) is 13.3. The molecule has 0 aliphatic heterocycles. The zero-order chi connectivity index (χ0) is 25.4. The molecular formula is C28H21N5O2S2. The third kappa shape index (κ3) is 4.39. The van der Waals surface area contributed by atoms with Crippen molar-refractivity contribution < 1.29 is 4.74 Å². The lowest BCUT2D eigenvalue weighted by Crippen LogP contribution is -2.23. The van der Waals surface area contributed by atoms with Gasteiger partial charge in [0.05, 0.1) is 15.1 Å². The van der Waals surface area contributed by atoms with Gasteiger partial charge in [-0.05, 0) is 60.3 Å². The van der Waals surface area contributed by atoms with E-state index >= 15 is 0 Å². The third-order valence-corrected chi connectivity index (χ3v) is 7.62. The molecular weight excluding hydrogens is 502 g/mol. The van der Waals surface area contributed by atoms with Crippen LogP contribution in [-0.4, -0.2) is 31.0 Å². The third-order valence-electron chi connectivity index (χ3n) is 5.79. The molecule has 0 atom stereocenters. The molecule has 0 saturated carbocycles. The highest BCUT2D eigenvalue weighted by Crippen LogP contribution is 2.30. The number of rotatable bonds is 7. The van der Waals surface area contributed by atoms with Gasteiger partial charge in [0, 0.05) is 17.3 Å². The van der Waals surface area contributed by atoms with Crippen LogP contribution in [0.25, 0.3) is 38.7 Å². The monoisotopic (exact) mass is 523 g/mol. The number of ether oxygens (including phenoxy) is 1. The van der Waals surface area contributed by atoms with Crippen molar-refractivity contribution >= 4 is 33.7 Å². The Morgan fingerprint density at radius 2 is 1.95 bits per heavy atom. The molecule has 2 aromatic carbocycles. The Balaban J connectivity index is 1.48. The molecule has 7 nitrogen and oxygen atoms in total. The van der Waals surface area contributed by atoms with Crippen molar-refractivity contribution in [1.29, 1.82) is 0 Å². The normalized spacial score (nSPS) is 11.9. The average molecular weight is 524 g/mol. The zero-order valence-electron chi connectivity index (χ0n) is 19.9. The van der Waals surface area contributed by atoms with Gasteiger partial charge >= 0.3 is 0 Å². The average Bonchev–Trinajstić information content (AvgIpc) is 3.70. The molecule has 37 heavy (non-hydrogen) atoms. The number of thiophene rings is 1. The summed E-state index contributed by atoms with van der Waals surface area (Å²) in [5.74, 6) is 1.33. The van der Waals surface area contributed by atoms with Crippen LogP contribution < -0.4 is 14.8 Å². The van der Waals surface area contributed by atoms with E-state index < -0.39 is 0 Å².